The van der Waals surface area contributed by atoms with Gasteiger partial charge in [0.1, 0.15) is 0 Å². The molecule has 2 amide bonds. The number of hydrogen-bond donors (Lipinski definition) is 2. The number of ether oxygens (including phenoxy) is 1. The molecule has 0 radical (unpaired) electrons. The van der Waals surface area contributed by atoms with Gasteiger partial charge in [-0.2, -0.15) is 0 Å². The molecule has 2 rings (SSSR count). The fourth-order valence-electron chi connectivity index (χ4n) is 2.62. The van der Waals surface area contributed by atoms with Crippen LogP contribution in [-0.4, -0.2) is 30.3 Å². The molecule has 1 saturated carbocycles. The molecule has 1 fully saturated rings. The molecule has 0 unspecified atom stereocenters. The van der Waals surface area contributed by atoms with E-state index in [0.29, 0.717) is 31.7 Å². The number of hydrogen-bond acceptors (Lipinski definition) is 4. The van der Waals surface area contributed by atoms with Gasteiger partial charge in [-0.15, -0.1) is 11.3 Å². The Kier molecular flexibility index (Phi) is 6.45. The number of nitrogens with one attached hydrogen (secondary N) is 2. The molecule has 5 nitrogen and oxygen atoms in total. The van der Waals surface area contributed by atoms with Crippen molar-refractivity contribution in [1.29, 1.82) is 0 Å². The maximum atomic E-state index is 11.6. The maximum absolute atomic E-state index is 11.6. The lowest BCUT2D eigenvalue weighted by Gasteiger charge is -2.28. The van der Waals surface area contributed by atoms with E-state index in [9.17, 15) is 4.79 Å². The van der Waals surface area contributed by atoms with Crippen molar-refractivity contribution in [3.05, 3.63) is 16.1 Å². The fraction of sp³-hybridized carbons (Fsp3) is 0.733. The highest BCUT2D eigenvalue weighted by atomic mass is 32.1. The number of carbonyl (C=O) groups is 1. The molecule has 0 bridgehead atoms. The first-order chi connectivity index (χ1) is 10.1. The van der Waals surface area contributed by atoms with Gasteiger partial charge in [-0.3, -0.25) is 0 Å². The third-order valence-electron chi connectivity index (χ3n) is 3.84. The van der Waals surface area contributed by atoms with E-state index in [2.05, 4.69) is 22.5 Å². The predicted octanol–water partition coefficient (Wildman–Crippen LogP) is 2.85. The monoisotopic (exact) mass is 311 g/mol. The van der Waals surface area contributed by atoms with Crippen LogP contribution in [0, 0.1) is 12.8 Å². The van der Waals surface area contributed by atoms with Gasteiger partial charge in [0.25, 0.3) is 0 Å². The van der Waals surface area contributed by atoms with Crippen LogP contribution in [0.1, 0.15) is 42.5 Å². The van der Waals surface area contributed by atoms with Gasteiger partial charge in [0, 0.05) is 17.6 Å². The quantitative estimate of drug-likeness (QED) is 0.794. The zero-order valence-electron chi connectivity index (χ0n) is 12.9. The standard InChI is InChI=1S/C15H25N3O2S/c1-11-5-3-4-6-14(11)20-8-7-16-15(19)18-10-13-9-17-12(2)21-13/h9,11,14H,3-8,10H2,1-2H3,(H2,16,18,19)/t11-,14+/m0/s1. The van der Waals surface area contributed by atoms with Crippen molar-refractivity contribution in [2.45, 2.75) is 52.2 Å². The Morgan fingerprint density at radius 2 is 2.24 bits per heavy atom. The minimum absolute atomic E-state index is 0.152. The summed E-state index contributed by atoms with van der Waals surface area (Å²) in [4.78, 5) is 16.9. The van der Waals surface area contributed by atoms with Crippen molar-refractivity contribution in [1.82, 2.24) is 15.6 Å². The summed E-state index contributed by atoms with van der Waals surface area (Å²) in [6, 6.07) is -0.152. The summed E-state index contributed by atoms with van der Waals surface area (Å²) < 4.78 is 5.86. The third-order valence-corrected chi connectivity index (χ3v) is 4.76. The summed E-state index contributed by atoms with van der Waals surface area (Å²) in [6.45, 7) is 5.87. The first-order valence-corrected chi connectivity index (χ1v) is 8.51. The number of aryl methyl sites for hydroxylation is 1. The molecule has 2 N–H and O–H groups in total. The number of carbonyl (C=O) groups excluding carboxylic acids is 1. The van der Waals surface area contributed by atoms with Gasteiger partial charge in [-0.1, -0.05) is 19.8 Å². The highest BCUT2D eigenvalue weighted by Gasteiger charge is 2.21. The van der Waals surface area contributed by atoms with E-state index in [1.807, 2.05) is 6.92 Å². The number of thiazole rings is 1. The van der Waals surface area contributed by atoms with Gasteiger partial charge in [0.2, 0.25) is 0 Å². The highest BCUT2D eigenvalue weighted by Crippen LogP contribution is 2.25. The molecule has 1 aromatic rings. The fourth-order valence-corrected chi connectivity index (χ4v) is 3.36. The van der Waals surface area contributed by atoms with Crippen LogP contribution >= 0.6 is 11.3 Å². The molecule has 6 heteroatoms. The van der Waals surface area contributed by atoms with Crippen molar-refractivity contribution in [2.24, 2.45) is 5.92 Å². The molecule has 1 aromatic heterocycles. The number of amides is 2. The third kappa shape index (κ3) is 5.63. The Hall–Kier alpha value is -1.14. The Labute approximate surface area is 130 Å². The average molecular weight is 311 g/mol. The smallest absolute Gasteiger partial charge is 0.315 e. The molecular formula is C15H25N3O2S. The van der Waals surface area contributed by atoms with Gasteiger partial charge < -0.3 is 15.4 Å². The molecule has 0 spiro atoms. The van der Waals surface area contributed by atoms with E-state index in [1.165, 1.54) is 19.3 Å². The second-order valence-electron chi connectivity index (χ2n) is 5.63. The van der Waals surface area contributed by atoms with E-state index < -0.39 is 0 Å². The average Bonchev–Trinajstić information content (AvgIpc) is 2.89. The van der Waals surface area contributed by atoms with Crippen LogP contribution in [0.25, 0.3) is 0 Å². The molecule has 1 aliphatic rings. The molecule has 2 atom stereocenters. The van der Waals surface area contributed by atoms with Crippen LogP contribution in [0.2, 0.25) is 0 Å². The van der Waals surface area contributed by atoms with Gasteiger partial charge >= 0.3 is 6.03 Å². The Balaban J connectivity index is 1.54. The van der Waals surface area contributed by atoms with Crippen molar-refractivity contribution >= 4 is 17.4 Å². The number of urea groups is 1. The molecular weight excluding hydrogens is 286 g/mol. The van der Waals surface area contributed by atoms with Crippen molar-refractivity contribution in [3.8, 4) is 0 Å². The summed E-state index contributed by atoms with van der Waals surface area (Å²) >= 11 is 1.60. The SMILES string of the molecule is Cc1ncc(CNC(=O)NCCO[C@@H]2CCCC[C@@H]2C)s1. The van der Waals surface area contributed by atoms with E-state index in [1.54, 1.807) is 17.5 Å². The van der Waals surface area contributed by atoms with Crippen LogP contribution in [-0.2, 0) is 11.3 Å². The topological polar surface area (TPSA) is 63.2 Å². The normalized spacial score (nSPS) is 22.0. The van der Waals surface area contributed by atoms with Gasteiger partial charge in [-0.25, -0.2) is 9.78 Å². The number of nitrogens with zero attached hydrogens (tertiary/aromatic N) is 1. The molecule has 0 aliphatic heterocycles. The van der Waals surface area contributed by atoms with Crippen molar-refractivity contribution in [2.75, 3.05) is 13.2 Å². The van der Waals surface area contributed by atoms with Crippen LogP contribution in [0.5, 0.6) is 0 Å². The summed E-state index contributed by atoms with van der Waals surface area (Å²) in [5.41, 5.74) is 0. The Bertz CT molecular complexity index is 450. The van der Waals surface area contributed by atoms with Crippen molar-refractivity contribution < 1.29 is 9.53 Å². The zero-order chi connectivity index (χ0) is 15.1. The van der Waals surface area contributed by atoms with Crippen LogP contribution in [0.15, 0.2) is 6.20 Å². The summed E-state index contributed by atoms with van der Waals surface area (Å²) in [6.07, 6.45) is 7.15. The van der Waals surface area contributed by atoms with Gasteiger partial charge in [0.15, 0.2) is 0 Å². The summed E-state index contributed by atoms with van der Waals surface area (Å²) in [7, 11) is 0. The largest absolute Gasteiger partial charge is 0.376 e. The molecule has 21 heavy (non-hydrogen) atoms. The maximum Gasteiger partial charge on any atom is 0.315 e. The molecule has 1 heterocycles. The Morgan fingerprint density at radius 1 is 1.43 bits per heavy atom. The van der Waals surface area contributed by atoms with E-state index in [4.69, 9.17) is 4.74 Å². The van der Waals surface area contributed by atoms with Gasteiger partial charge in [-0.05, 0) is 25.7 Å². The van der Waals surface area contributed by atoms with Crippen molar-refractivity contribution in [3.63, 3.8) is 0 Å². The molecule has 0 aromatic carbocycles. The van der Waals surface area contributed by atoms with Crippen LogP contribution in [0.3, 0.4) is 0 Å². The molecule has 0 saturated heterocycles. The number of aromatic nitrogens is 1. The zero-order valence-corrected chi connectivity index (χ0v) is 13.7. The van der Waals surface area contributed by atoms with Crippen LogP contribution in [0.4, 0.5) is 4.79 Å². The van der Waals surface area contributed by atoms with Crippen LogP contribution < -0.4 is 10.6 Å². The molecule has 1 aliphatic carbocycles. The molecule has 118 valence electrons. The summed E-state index contributed by atoms with van der Waals surface area (Å²) in [5, 5.41) is 6.66. The first-order valence-electron chi connectivity index (χ1n) is 7.70. The lowest BCUT2D eigenvalue weighted by Crippen LogP contribution is -2.37. The van der Waals surface area contributed by atoms with E-state index in [-0.39, 0.29) is 6.03 Å². The van der Waals surface area contributed by atoms with Gasteiger partial charge in [0.05, 0.1) is 24.3 Å². The predicted molar refractivity (Wildman–Crippen MR) is 84.5 cm³/mol. The lowest BCUT2D eigenvalue weighted by molar-refractivity contribution is -0.00243. The lowest BCUT2D eigenvalue weighted by atomic mass is 9.88. The first kappa shape index (κ1) is 16.2. The number of rotatable bonds is 6. The minimum atomic E-state index is -0.152. The van der Waals surface area contributed by atoms with E-state index in [0.717, 1.165) is 16.3 Å². The summed E-state index contributed by atoms with van der Waals surface area (Å²) in [5.74, 6) is 0.641. The minimum Gasteiger partial charge on any atom is -0.376 e. The highest BCUT2D eigenvalue weighted by molar-refractivity contribution is 7.11. The second kappa shape index (κ2) is 8.34. The second-order valence-corrected chi connectivity index (χ2v) is 6.95. The van der Waals surface area contributed by atoms with E-state index >= 15 is 0 Å². The Morgan fingerprint density at radius 3 is 2.95 bits per heavy atom.